The van der Waals surface area contributed by atoms with E-state index >= 15 is 0 Å². The van der Waals surface area contributed by atoms with Gasteiger partial charge in [-0.25, -0.2) is 0 Å². The summed E-state index contributed by atoms with van der Waals surface area (Å²) < 4.78 is 0. The fourth-order valence-corrected chi connectivity index (χ4v) is 1.10. The van der Waals surface area contributed by atoms with Gasteiger partial charge in [-0.05, 0) is 6.07 Å². The molecule has 0 aliphatic heterocycles. The SMILES string of the molecule is CN(CCN)c1cnccc1C#N. The second-order valence-electron chi connectivity index (χ2n) is 2.71. The molecule has 0 saturated heterocycles. The van der Waals surface area contributed by atoms with E-state index in [0.29, 0.717) is 12.1 Å². The van der Waals surface area contributed by atoms with E-state index in [0.717, 1.165) is 12.2 Å². The van der Waals surface area contributed by atoms with Gasteiger partial charge >= 0.3 is 0 Å². The van der Waals surface area contributed by atoms with Crippen molar-refractivity contribution in [3.8, 4) is 6.07 Å². The van der Waals surface area contributed by atoms with Crippen molar-refractivity contribution in [1.29, 1.82) is 5.26 Å². The fourth-order valence-electron chi connectivity index (χ4n) is 1.10. The van der Waals surface area contributed by atoms with Crippen LogP contribution in [0.5, 0.6) is 0 Å². The summed E-state index contributed by atoms with van der Waals surface area (Å²) in [7, 11) is 1.89. The molecule has 0 aliphatic carbocycles. The predicted molar refractivity (Wildman–Crippen MR) is 51.3 cm³/mol. The molecule has 0 bridgehead atoms. The summed E-state index contributed by atoms with van der Waals surface area (Å²) in [5.74, 6) is 0. The Bertz CT molecular complexity index is 316. The summed E-state index contributed by atoms with van der Waals surface area (Å²) in [6, 6.07) is 3.81. The predicted octanol–water partition coefficient (Wildman–Crippen LogP) is 0.348. The zero-order valence-electron chi connectivity index (χ0n) is 7.57. The highest BCUT2D eigenvalue weighted by molar-refractivity contribution is 5.56. The first-order valence-corrected chi connectivity index (χ1v) is 4.05. The molecule has 0 amide bonds. The highest BCUT2D eigenvalue weighted by Gasteiger charge is 2.05. The van der Waals surface area contributed by atoms with Crippen LogP contribution in [0.1, 0.15) is 5.56 Å². The van der Waals surface area contributed by atoms with Gasteiger partial charge < -0.3 is 10.6 Å². The zero-order chi connectivity index (χ0) is 9.68. The van der Waals surface area contributed by atoms with Gasteiger partial charge in [0, 0.05) is 26.3 Å². The third kappa shape index (κ3) is 2.17. The van der Waals surface area contributed by atoms with Gasteiger partial charge in [-0.3, -0.25) is 4.98 Å². The Hall–Kier alpha value is -1.60. The summed E-state index contributed by atoms with van der Waals surface area (Å²) in [5.41, 5.74) is 6.87. The van der Waals surface area contributed by atoms with E-state index in [1.54, 1.807) is 18.5 Å². The molecule has 2 N–H and O–H groups in total. The highest BCUT2D eigenvalue weighted by atomic mass is 15.1. The van der Waals surface area contributed by atoms with Crippen molar-refractivity contribution < 1.29 is 0 Å². The Labute approximate surface area is 77.6 Å². The van der Waals surface area contributed by atoms with Crippen LogP contribution in [0.25, 0.3) is 0 Å². The fraction of sp³-hybridized carbons (Fsp3) is 0.333. The van der Waals surface area contributed by atoms with Crippen LogP contribution in [0.2, 0.25) is 0 Å². The lowest BCUT2D eigenvalue weighted by Gasteiger charge is -2.18. The quantitative estimate of drug-likeness (QED) is 0.721. The van der Waals surface area contributed by atoms with E-state index in [-0.39, 0.29) is 0 Å². The molecule has 0 saturated carbocycles. The number of nitriles is 1. The number of hydrogen-bond donors (Lipinski definition) is 1. The van der Waals surface area contributed by atoms with Crippen LogP contribution < -0.4 is 10.6 Å². The maximum absolute atomic E-state index is 8.80. The zero-order valence-corrected chi connectivity index (χ0v) is 7.57. The monoisotopic (exact) mass is 176 g/mol. The Morgan fingerprint density at radius 1 is 1.69 bits per heavy atom. The molecule has 68 valence electrons. The molecular weight excluding hydrogens is 164 g/mol. The Kier molecular flexibility index (Phi) is 3.23. The van der Waals surface area contributed by atoms with Crippen molar-refractivity contribution in [3.63, 3.8) is 0 Å². The molecule has 13 heavy (non-hydrogen) atoms. The molecule has 0 fully saturated rings. The minimum Gasteiger partial charge on any atom is -0.371 e. The first-order chi connectivity index (χ1) is 6.29. The maximum atomic E-state index is 8.80. The number of likely N-dealkylation sites (N-methyl/N-ethyl adjacent to an activating group) is 1. The number of aromatic nitrogens is 1. The third-order valence-corrected chi connectivity index (χ3v) is 1.80. The average molecular weight is 176 g/mol. The van der Waals surface area contributed by atoms with E-state index < -0.39 is 0 Å². The van der Waals surface area contributed by atoms with Crippen molar-refractivity contribution in [1.82, 2.24) is 4.98 Å². The van der Waals surface area contributed by atoms with E-state index in [9.17, 15) is 0 Å². The summed E-state index contributed by atoms with van der Waals surface area (Å²) in [4.78, 5) is 5.89. The van der Waals surface area contributed by atoms with Gasteiger partial charge in [-0.1, -0.05) is 0 Å². The van der Waals surface area contributed by atoms with Crippen LogP contribution in [-0.4, -0.2) is 25.1 Å². The normalized spacial score (nSPS) is 9.31. The van der Waals surface area contributed by atoms with Gasteiger partial charge in [-0.15, -0.1) is 0 Å². The molecule has 0 unspecified atom stereocenters. The molecular formula is C9H12N4. The minimum absolute atomic E-state index is 0.566. The standard InChI is InChI=1S/C9H12N4/c1-13(5-3-10)9-7-12-4-2-8(9)6-11/h2,4,7H,3,5,10H2,1H3. The van der Waals surface area contributed by atoms with Gasteiger partial charge in [0.2, 0.25) is 0 Å². The second kappa shape index (κ2) is 4.43. The smallest absolute Gasteiger partial charge is 0.101 e. The molecule has 0 spiro atoms. The van der Waals surface area contributed by atoms with Crippen molar-refractivity contribution >= 4 is 5.69 Å². The van der Waals surface area contributed by atoms with Crippen molar-refractivity contribution in [2.75, 3.05) is 25.0 Å². The van der Waals surface area contributed by atoms with Gasteiger partial charge in [0.15, 0.2) is 0 Å². The molecule has 1 aromatic rings. The number of nitrogens with two attached hydrogens (primary N) is 1. The number of hydrogen-bond acceptors (Lipinski definition) is 4. The number of nitrogens with zero attached hydrogens (tertiary/aromatic N) is 3. The van der Waals surface area contributed by atoms with Crippen LogP contribution in [0, 0.1) is 11.3 Å². The summed E-state index contributed by atoms with van der Waals surface area (Å²) in [6.07, 6.45) is 3.28. The topological polar surface area (TPSA) is 65.9 Å². The van der Waals surface area contributed by atoms with Crippen molar-refractivity contribution in [2.45, 2.75) is 0 Å². The number of anilines is 1. The highest BCUT2D eigenvalue weighted by Crippen LogP contribution is 2.15. The molecule has 1 rings (SSSR count). The molecule has 0 radical (unpaired) electrons. The lowest BCUT2D eigenvalue weighted by atomic mass is 10.2. The van der Waals surface area contributed by atoms with E-state index in [1.807, 2.05) is 11.9 Å². The lowest BCUT2D eigenvalue weighted by Crippen LogP contribution is -2.25. The Balaban J connectivity index is 2.93. The molecule has 0 aliphatic rings. The number of rotatable bonds is 3. The van der Waals surface area contributed by atoms with E-state index in [1.165, 1.54) is 0 Å². The van der Waals surface area contributed by atoms with Gasteiger partial charge in [0.05, 0.1) is 17.4 Å². The first-order valence-electron chi connectivity index (χ1n) is 4.05. The average Bonchev–Trinajstić information content (AvgIpc) is 2.18. The lowest BCUT2D eigenvalue weighted by molar-refractivity contribution is 0.881. The first kappa shape index (κ1) is 9.49. The number of pyridine rings is 1. The van der Waals surface area contributed by atoms with Crippen LogP contribution in [0.3, 0.4) is 0 Å². The van der Waals surface area contributed by atoms with Crippen molar-refractivity contribution in [3.05, 3.63) is 24.0 Å². The van der Waals surface area contributed by atoms with Gasteiger partial charge in [-0.2, -0.15) is 5.26 Å². The summed E-state index contributed by atoms with van der Waals surface area (Å²) in [6.45, 7) is 1.29. The largest absolute Gasteiger partial charge is 0.371 e. The molecule has 0 aromatic carbocycles. The van der Waals surface area contributed by atoms with Crippen LogP contribution in [-0.2, 0) is 0 Å². The summed E-state index contributed by atoms with van der Waals surface area (Å²) >= 11 is 0. The second-order valence-corrected chi connectivity index (χ2v) is 2.71. The summed E-state index contributed by atoms with van der Waals surface area (Å²) in [5, 5.41) is 8.80. The molecule has 1 aromatic heterocycles. The third-order valence-electron chi connectivity index (χ3n) is 1.80. The Morgan fingerprint density at radius 3 is 3.08 bits per heavy atom. The van der Waals surface area contributed by atoms with Crippen LogP contribution in [0.15, 0.2) is 18.5 Å². The van der Waals surface area contributed by atoms with Crippen molar-refractivity contribution in [2.24, 2.45) is 5.73 Å². The van der Waals surface area contributed by atoms with Crippen LogP contribution in [0.4, 0.5) is 5.69 Å². The molecule has 4 nitrogen and oxygen atoms in total. The maximum Gasteiger partial charge on any atom is 0.101 e. The van der Waals surface area contributed by atoms with Gasteiger partial charge in [0.25, 0.3) is 0 Å². The molecule has 4 heteroatoms. The van der Waals surface area contributed by atoms with E-state index in [2.05, 4.69) is 11.1 Å². The van der Waals surface area contributed by atoms with E-state index in [4.69, 9.17) is 11.0 Å². The van der Waals surface area contributed by atoms with Gasteiger partial charge in [0.1, 0.15) is 6.07 Å². The molecule has 1 heterocycles. The van der Waals surface area contributed by atoms with Crippen LogP contribution >= 0.6 is 0 Å². The Morgan fingerprint density at radius 2 is 2.46 bits per heavy atom. The minimum atomic E-state index is 0.566. The molecule has 0 atom stereocenters.